The van der Waals surface area contributed by atoms with Crippen LogP contribution in [-0.2, 0) is 4.79 Å². The van der Waals surface area contributed by atoms with Crippen molar-refractivity contribution in [3.63, 3.8) is 0 Å². The lowest BCUT2D eigenvalue weighted by Gasteiger charge is -2.15. The molecule has 10 heteroatoms. The van der Waals surface area contributed by atoms with Crippen LogP contribution in [0.15, 0.2) is 60.7 Å². The summed E-state index contributed by atoms with van der Waals surface area (Å²) in [4.78, 5) is 12.3. The van der Waals surface area contributed by atoms with Crippen LogP contribution in [-0.4, -0.2) is 59.2 Å². The molecular formula is C24H25N5O5. The van der Waals surface area contributed by atoms with E-state index in [1.54, 1.807) is 62.1 Å². The SMILES string of the molecule is COc1ccc(OC(C)C(=O)NCCOc2ccc3nnc(-c4ccc(OC)cc4)n3n2)cc1. The lowest BCUT2D eigenvalue weighted by molar-refractivity contribution is -0.127. The number of methoxy groups -OCH3 is 2. The van der Waals surface area contributed by atoms with E-state index < -0.39 is 6.10 Å². The summed E-state index contributed by atoms with van der Waals surface area (Å²) in [5.41, 5.74) is 1.44. The Morgan fingerprint density at radius 1 is 0.912 bits per heavy atom. The number of carbonyl (C=O) groups excluding carboxylic acids is 1. The van der Waals surface area contributed by atoms with Crippen molar-refractivity contribution >= 4 is 11.6 Å². The summed E-state index contributed by atoms with van der Waals surface area (Å²) in [6.45, 7) is 2.21. The molecular weight excluding hydrogens is 438 g/mol. The van der Waals surface area contributed by atoms with Crippen molar-refractivity contribution < 1.29 is 23.7 Å². The first-order valence-electron chi connectivity index (χ1n) is 10.7. The highest BCUT2D eigenvalue weighted by Crippen LogP contribution is 2.22. The van der Waals surface area contributed by atoms with Crippen LogP contribution in [0.3, 0.4) is 0 Å². The summed E-state index contributed by atoms with van der Waals surface area (Å²) in [6.07, 6.45) is -0.660. The largest absolute Gasteiger partial charge is 0.497 e. The monoisotopic (exact) mass is 463 g/mol. The molecule has 2 heterocycles. The van der Waals surface area contributed by atoms with Gasteiger partial charge in [-0.25, -0.2) is 0 Å². The fourth-order valence-corrected chi connectivity index (χ4v) is 3.15. The van der Waals surface area contributed by atoms with E-state index in [-0.39, 0.29) is 12.5 Å². The van der Waals surface area contributed by atoms with Gasteiger partial charge in [0.1, 0.15) is 23.9 Å². The lowest BCUT2D eigenvalue weighted by atomic mass is 10.2. The van der Waals surface area contributed by atoms with Crippen LogP contribution >= 0.6 is 0 Å². The summed E-state index contributed by atoms with van der Waals surface area (Å²) in [5.74, 6) is 2.78. The first-order chi connectivity index (χ1) is 16.6. The molecule has 0 saturated carbocycles. The number of hydrogen-bond acceptors (Lipinski definition) is 8. The number of benzene rings is 2. The average molecular weight is 463 g/mol. The quantitative estimate of drug-likeness (QED) is 0.358. The molecule has 2 aromatic carbocycles. The van der Waals surface area contributed by atoms with Crippen LogP contribution < -0.4 is 24.3 Å². The van der Waals surface area contributed by atoms with Gasteiger partial charge in [-0.15, -0.1) is 15.3 Å². The number of rotatable bonds is 10. The van der Waals surface area contributed by atoms with Crippen molar-refractivity contribution in [1.82, 2.24) is 25.1 Å². The van der Waals surface area contributed by atoms with Gasteiger partial charge in [0.25, 0.3) is 5.91 Å². The zero-order chi connectivity index (χ0) is 23.9. The van der Waals surface area contributed by atoms with Crippen LogP contribution in [0.25, 0.3) is 17.0 Å². The summed E-state index contributed by atoms with van der Waals surface area (Å²) in [5, 5.41) is 15.6. The molecule has 1 amide bonds. The standard InChI is InChI=1S/C24H25N5O5/c1-16(34-20-10-8-19(32-3)9-11-20)24(30)25-14-15-33-22-13-12-21-26-27-23(29(21)28-22)17-4-6-18(31-2)7-5-17/h4-13,16H,14-15H2,1-3H3,(H,25,30). The topological polar surface area (TPSA) is 109 Å². The number of hydrogen-bond donors (Lipinski definition) is 1. The fraction of sp³-hybridized carbons (Fsp3) is 0.250. The second-order valence-electron chi connectivity index (χ2n) is 7.27. The highest BCUT2D eigenvalue weighted by atomic mass is 16.5. The molecule has 34 heavy (non-hydrogen) atoms. The van der Waals surface area contributed by atoms with Gasteiger partial charge in [0.2, 0.25) is 5.88 Å². The minimum Gasteiger partial charge on any atom is -0.497 e. The Labute approximate surface area is 196 Å². The second-order valence-corrected chi connectivity index (χ2v) is 7.27. The van der Waals surface area contributed by atoms with Crippen molar-refractivity contribution in [3.05, 3.63) is 60.7 Å². The molecule has 0 aliphatic rings. The van der Waals surface area contributed by atoms with E-state index in [0.29, 0.717) is 29.6 Å². The maximum atomic E-state index is 12.3. The molecule has 0 saturated heterocycles. The van der Waals surface area contributed by atoms with Gasteiger partial charge in [-0.05, 0) is 61.5 Å². The average Bonchev–Trinajstić information content (AvgIpc) is 3.30. The third kappa shape index (κ3) is 5.34. The van der Waals surface area contributed by atoms with E-state index >= 15 is 0 Å². The maximum absolute atomic E-state index is 12.3. The molecule has 0 aliphatic heterocycles. The number of aromatic nitrogens is 4. The zero-order valence-corrected chi connectivity index (χ0v) is 19.1. The molecule has 0 radical (unpaired) electrons. The van der Waals surface area contributed by atoms with Gasteiger partial charge in [0, 0.05) is 11.6 Å². The smallest absolute Gasteiger partial charge is 0.260 e. The van der Waals surface area contributed by atoms with E-state index in [2.05, 4.69) is 20.6 Å². The van der Waals surface area contributed by atoms with Crippen LogP contribution in [0.1, 0.15) is 6.92 Å². The predicted molar refractivity (Wildman–Crippen MR) is 124 cm³/mol. The number of amides is 1. The van der Waals surface area contributed by atoms with Crippen molar-refractivity contribution in [1.29, 1.82) is 0 Å². The molecule has 0 fully saturated rings. The van der Waals surface area contributed by atoms with E-state index in [9.17, 15) is 4.79 Å². The molecule has 1 N–H and O–H groups in total. The number of ether oxygens (including phenoxy) is 4. The molecule has 4 rings (SSSR count). The van der Waals surface area contributed by atoms with E-state index in [0.717, 1.165) is 17.1 Å². The molecule has 1 atom stereocenters. The number of nitrogens with zero attached hydrogens (tertiary/aromatic N) is 4. The molecule has 10 nitrogen and oxygen atoms in total. The Hall–Kier alpha value is -4.34. The third-order valence-corrected chi connectivity index (χ3v) is 4.98. The normalized spacial score (nSPS) is 11.6. The Morgan fingerprint density at radius 3 is 2.24 bits per heavy atom. The number of fused-ring (bicyclic) bond motifs is 1. The summed E-state index contributed by atoms with van der Waals surface area (Å²) in [7, 11) is 3.21. The first-order valence-corrected chi connectivity index (χ1v) is 10.7. The molecule has 2 aromatic heterocycles. The van der Waals surface area contributed by atoms with Gasteiger partial charge in [-0.2, -0.15) is 4.52 Å². The van der Waals surface area contributed by atoms with Gasteiger partial charge in [0.15, 0.2) is 17.6 Å². The summed E-state index contributed by atoms with van der Waals surface area (Å²) >= 11 is 0. The lowest BCUT2D eigenvalue weighted by Crippen LogP contribution is -2.38. The highest BCUT2D eigenvalue weighted by Gasteiger charge is 2.15. The van der Waals surface area contributed by atoms with Gasteiger partial charge in [0.05, 0.1) is 20.8 Å². The van der Waals surface area contributed by atoms with E-state index in [4.69, 9.17) is 18.9 Å². The van der Waals surface area contributed by atoms with Crippen molar-refractivity contribution in [3.8, 4) is 34.5 Å². The second kappa shape index (κ2) is 10.5. The predicted octanol–water partition coefficient (Wildman–Crippen LogP) is 2.77. The van der Waals surface area contributed by atoms with E-state index in [1.807, 2.05) is 24.3 Å². The number of nitrogens with one attached hydrogen (secondary N) is 1. The van der Waals surface area contributed by atoms with Gasteiger partial charge >= 0.3 is 0 Å². The Kier molecular flexibility index (Phi) is 7.07. The summed E-state index contributed by atoms with van der Waals surface area (Å²) < 4.78 is 23.3. The van der Waals surface area contributed by atoms with Gasteiger partial charge in [-0.3, -0.25) is 4.79 Å². The minimum absolute atomic E-state index is 0.236. The van der Waals surface area contributed by atoms with Crippen LogP contribution in [0.5, 0.6) is 23.1 Å². The molecule has 0 spiro atoms. The Morgan fingerprint density at radius 2 is 1.56 bits per heavy atom. The van der Waals surface area contributed by atoms with Crippen LogP contribution in [0.2, 0.25) is 0 Å². The zero-order valence-electron chi connectivity index (χ0n) is 19.1. The van der Waals surface area contributed by atoms with E-state index in [1.165, 1.54) is 0 Å². The Bertz CT molecular complexity index is 1240. The summed E-state index contributed by atoms with van der Waals surface area (Å²) in [6, 6.07) is 18.0. The van der Waals surface area contributed by atoms with Gasteiger partial charge < -0.3 is 24.3 Å². The fourth-order valence-electron chi connectivity index (χ4n) is 3.15. The van der Waals surface area contributed by atoms with Crippen molar-refractivity contribution in [2.75, 3.05) is 27.4 Å². The molecule has 0 bridgehead atoms. The highest BCUT2D eigenvalue weighted by molar-refractivity contribution is 5.80. The molecule has 4 aromatic rings. The van der Waals surface area contributed by atoms with Gasteiger partial charge in [-0.1, -0.05) is 0 Å². The maximum Gasteiger partial charge on any atom is 0.260 e. The first kappa shape index (κ1) is 22.8. The molecule has 0 aliphatic carbocycles. The molecule has 176 valence electrons. The third-order valence-electron chi connectivity index (χ3n) is 4.98. The van der Waals surface area contributed by atoms with Crippen LogP contribution in [0.4, 0.5) is 0 Å². The van der Waals surface area contributed by atoms with Crippen molar-refractivity contribution in [2.45, 2.75) is 13.0 Å². The minimum atomic E-state index is -0.660. The molecule has 1 unspecified atom stereocenters. The van der Waals surface area contributed by atoms with Crippen LogP contribution in [0, 0.1) is 0 Å². The Balaban J connectivity index is 1.30. The number of carbonyl (C=O) groups is 1. The van der Waals surface area contributed by atoms with Crippen molar-refractivity contribution in [2.24, 2.45) is 0 Å².